The molecule has 2 aromatic carbocycles. The van der Waals surface area contributed by atoms with E-state index in [1.807, 2.05) is 0 Å². The number of hydrogen-bond acceptors (Lipinski definition) is 2. The van der Waals surface area contributed by atoms with Gasteiger partial charge in [0, 0.05) is 5.56 Å². The number of halogens is 4. The maximum atomic E-state index is 12.8. The lowest BCUT2D eigenvalue weighted by molar-refractivity contribution is -0.137. The zero-order valence-corrected chi connectivity index (χ0v) is 11.8. The minimum atomic E-state index is -4.49. The van der Waals surface area contributed by atoms with Crippen LogP contribution in [0.5, 0.6) is 0 Å². The summed E-state index contributed by atoms with van der Waals surface area (Å²) in [7, 11) is 0. The molecule has 0 saturated carbocycles. The van der Waals surface area contributed by atoms with Crippen LogP contribution in [0.4, 0.5) is 13.2 Å². The number of nitrogens with one attached hydrogen (secondary N) is 1. The molecule has 114 valence electrons. The van der Waals surface area contributed by atoms with E-state index in [4.69, 9.17) is 11.6 Å². The van der Waals surface area contributed by atoms with Crippen LogP contribution in [0, 0.1) is 0 Å². The van der Waals surface area contributed by atoms with Gasteiger partial charge in [-0.2, -0.15) is 18.3 Å². The lowest BCUT2D eigenvalue weighted by Gasteiger charge is -2.09. The quantitative estimate of drug-likeness (QED) is 0.669. The Morgan fingerprint density at radius 3 is 2.41 bits per heavy atom. The SMILES string of the molecule is O=C(N/N=C\c1ccccc1C(F)(F)F)c1ccccc1Cl. The van der Waals surface area contributed by atoms with E-state index in [0.717, 1.165) is 12.3 Å². The highest BCUT2D eigenvalue weighted by atomic mass is 35.5. The van der Waals surface area contributed by atoms with Crippen LogP contribution in [0.1, 0.15) is 21.5 Å². The molecule has 0 fully saturated rings. The Bertz CT molecular complexity index is 714. The fourth-order valence-corrected chi connectivity index (χ4v) is 1.96. The van der Waals surface area contributed by atoms with Gasteiger partial charge in [0.15, 0.2) is 0 Å². The van der Waals surface area contributed by atoms with Gasteiger partial charge in [-0.25, -0.2) is 5.43 Å². The van der Waals surface area contributed by atoms with Crippen LogP contribution in [-0.4, -0.2) is 12.1 Å². The molecule has 2 rings (SSSR count). The number of carbonyl (C=O) groups is 1. The molecule has 22 heavy (non-hydrogen) atoms. The summed E-state index contributed by atoms with van der Waals surface area (Å²) >= 11 is 5.84. The molecule has 0 aromatic heterocycles. The minimum absolute atomic E-state index is 0.144. The first-order valence-corrected chi connectivity index (χ1v) is 6.51. The molecule has 0 heterocycles. The molecule has 0 atom stereocenters. The van der Waals surface area contributed by atoms with E-state index in [2.05, 4.69) is 10.5 Å². The molecular formula is C15H10ClF3N2O. The summed E-state index contributed by atoms with van der Waals surface area (Å²) in [6.07, 6.45) is -3.55. The number of carbonyl (C=O) groups excluding carboxylic acids is 1. The standard InChI is InChI=1S/C15H10ClF3N2O/c16-13-8-4-2-6-11(13)14(22)21-20-9-10-5-1-3-7-12(10)15(17,18)19/h1-9H,(H,21,22)/b20-9-. The Kier molecular flexibility index (Phi) is 4.82. The second kappa shape index (κ2) is 6.62. The number of rotatable bonds is 3. The van der Waals surface area contributed by atoms with Crippen LogP contribution in [0.25, 0.3) is 0 Å². The second-order valence-corrected chi connectivity index (χ2v) is 4.67. The van der Waals surface area contributed by atoms with E-state index in [9.17, 15) is 18.0 Å². The van der Waals surface area contributed by atoms with Crippen molar-refractivity contribution in [2.24, 2.45) is 5.10 Å². The molecular weight excluding hydrogens is 317 g/mol. The van der Waals surface area contributed by atoms with Crippen molar-refractivity contribution in [1.82, 2.24) is 5.43 Å². The highest BCUT2D eigenvalue weighted by Gasteiger charge is 2.32. The molecule has 0 unspecified atom stereocenters. The van der Waals surface area contributed by atoms with Gasteiger partial charge >= 0.3 is 6.18 Å². The normalized spacial score (nSPS) is 11.6. The third kappa shape index (κ3) is 3.85. The fraction of sp³-hybridized carbons (Fsp3) is 0.0667. The molecule has 0 aliphatic heterocycles. The van der Waals surface area contributed by atoms with Crippen molar-refractivity contribution < 1.29 is 18.0 Å². The Morgan fingerprint density at radius 1 is 1.09 bits per heavy atom. The van der Waals surface area contributed by atoms with E-state index in [1.165, 1.54) is 30.3 Å². The number of hydrazone groups is 1. The van der Waals surface area contributed by atoms with Crippen LogP contribution in [0.3, 0.4) is 0 Å². The van der Waals surface area contributed by atoms with Crippen LogP contribution in [0.2, 0.25) is 5.02 Å². The van der Waals surface area contributed by atoms with Crippen LogP contribution < -0.4 is 5.43 Å². The van der Waals surface area contributed by atoms with Gasteiger partial charge < -0.3 is 0 Å². The maximum Gasteiger partial charge on any atom is 0.417 e. The summed E-state index contributed by atoms with van der Waals surface area (Å²) in [6.45, 7) is 0. The predicted octanol–water partition coefficient (Wildman–Crippen LogP) is 4.12. The topological polar surface area (TPSA) is 41.5 Å². The minimum Gasteiger partial charge on any atom is -0.267 e. The largest absolute Gasteiger partial charge is 0.417 e. The van der Waals surface area contributed by atoms with Gasteiger partial charge in [-0.3, -0.25) is 4.79 Å². The molecule has 1 amide bonds. The molecule has 0 saturated heterocycles. The summed E-state index contributed by atoms with van der Waals surface area (Å²) in [5.41, 5.74) is 1.36. The maximum absolute atomic E-state index is 12.8. The fourth-order valence-electron chi connectivity index (χ4n) is 1.73. The van der Waals surface area contributed by atoms with Crippen molar-refractivity contribution in [2.45, 2.75) is 6.18 Å². The number of nitrogens with zero attached hydrogens (tertiary/aromatic N) is 1. The van der Waals surface area contributed by atoms with E-state index in [0.29, 0.717) is 0 Å². The van der Waals surface area contributed by atoms with Gasteiger partial charge in [-0.15, -0.1) is 0 Å². The predicted molar refractivity (Wildman–Crippen MR) is 78.0 cm³/mol. The van der Waals surface area contributed by atoms with Crippen LogP contribution in [-0.2, 0) is 6.18 Å². The zero-order chi connectivity index (χ0) is 16.2. The second-order valence-electron chi connectivity index (χ2n) is 4.26. The van der Waals surface area contributed by atoms with E-state index in [1.54, 1.807) is 12.1 Å². The van der Waals surface area contributed by atoms with Crippen molar-refractivity contribution in [3.63, 3.8) is 0 Å². The number of hydrogen-bond donors (Lipinski definition) is 1. The van der Waals surface area contributed by atoms with Gasteiger partial charge in [0.2, 0.25) is 0 Å². The third-order valence-electron chi connectivity index (χ3n) is 2.75. The van der Waals surface area contributed by atoms with Gasteiger partial charge in [0.05, 0.1) is 22.4 Å². The van der Waals surface area contributed by atoms with Crippen molar-refractivity contribution >= 4 is 23.7 Å². The molecule has 2 aromatic rings. The van der Waals surface area contributed by atoms with E-state index in [-0.39, 0.29) is 16.1 Å². The van der Waals surface area contributed by atoms with Crippen molar-refractivity contribution in [3.8, 4) is 0 Å². The van der Waals surface area contributed by atoms with Gasteiger partial charge in [-0.1, -0.05) is 41.9 Å². The summed E-state index contributed by atoms with van der Waals surface area (Å²) in [6, 6.07) is 11.2. The van der Waals surface area contributed by atoms with Crippen molar-refractivity contribution in [3.05, 3.63) is 70.2 Å². The molecule has 0 bridgehead atoms. The van der Waals surface area contributed by atoms with Gasteiger partial charge in [0.25, 0.3) is 5.91 Å². The highest BCUT2D eigenvalue weighted by molar-refractivity contribution is 6.33. The first-order valence-electron chi connectivity index (χ1n) is 6.14. The van der Waals surface area contributed by atoms with Crippen molar-refractivity contribution in [1.29, 1.82) is 0 Å². The molecule has 1 N–H and O–H groups in total. The lowest BCUT2D eigenvalue weighted by atomic mass is 10.1. The first kappa shape index (κ1) is 16.0. The number of amides is 1. The summed E-state index contributed by atoms with van der Waals surface area (Å²) < 4.78 is 38.4. The average molecular weight is 327 g/mol. The van der Waals surface area contributed by atoms with Gasteiger partial charge in [0.1, 0.15) is 0 Å². The Hall–Kier alpha value is -2.34. The summed E-state index contributed by atoms with van der Waals surface area (Å²) in [5, 5.41) is 3.78. The van der Waals surface area contributed by atoms with Gasteiger partial charge in [-0.05, 0) is 18.2 Å². The average Bonchev–Trinajstić information content (AvgIpc) is 2.47. The Morgan fingerprint density at radius 2 is 1.73 bits per heavy atom. The van der Waals surface area contributed by atoms with Crippen LogP contribution >= 0.6 is 11.6 Å². The molecule has 0 radical (unpaired) electrons. The zero-order valence-electron chi connectivity index (χ0n) is 11.1. The molecule has 0 spiro atoms. The monoisotopic (exact) mass is 326 g/mol. The lowest BCUT2D eigenvalue weighted by Crippen LogP contribution is -2.18. The summed E-state index contributed by atoms with van der Waals surface area (Å²) in [4.78, 5) is 11.8. The molecule has 0 aliphatic carbocycles. The molecule has 3 nitrogen and oxygen atoms in total. The molecule has 0 aliphatic rings. The Balaban J connectivity index is 2.14. The van der Waals surface area contributed by atoms with Crippen LogP contribution in [0.15, 0.2) is 53.6 Å². The van der Waals surface area contributed by atoms with Crippen molar-refractivity contribution in [2.75, 3.05) is 0 Å². The first-order chi connectivity index (χ1) is 10.4. The third-order valence-corrected chi connectivity index (χ3v) is 3.08. The van der Waals surface area contributed by atoms with E-state index >= 15 is 0 Å². The highest BCUT2D eigenvalue weighted by Crippen LogP contribution is 2.31. The summed E-state index contributed by atoms with van der Waals surface area (Å²) in [5.74, 6) is -0.605. The van der Waals surface area contributed by atoms with E-state index < -0.39 is 17.6 Å². The number of alkyl halides is 3. The Labute approximate surface area is 129 Å². The smallest absolute Gasteiger partial charge is 0.267 e. The molecule has 7 heteroatoms. The number of benzene rings is 2.